The maximum atomic E-state index is 9.29. The standard InChI is InChI=1S/C7H7INO/c8-6-3-1-2-5(4-9)7(6)10/h2-3,10H,4,9H2. The molecule has 0 aliphatic heterocycles. The molecule has 0 unspecified atom stereocenters. The number of nitrogens with two attached hydrogens (primary N) is 1. The van der Waals surface area contributed by atoms with E-state index < -0.39 is 0 Å². The van der Waals surface area contributed by atoms with Gasteiger partial charge in [-0.2, -0.15) is 0 Å². The average Bonchev–Trinajstić information content (AvgIpc) is 1.95. The number of aromatic hydroxyl groups is 1. The van der Waals surface area contributed by atoms with Crippen LogP contribution in [-0.4, -0.2) is 5.11 Å². The molecule has 0 spiro atoms. The first-order chi connectivity index (χ1) is 4.75. The van der Waals surface area contributed by atoms with Crippen LogP contribution in [0.15, 0.2) is 12.1 Å². The summed E-state index contributed by atoms with van der Waals surface area (Å²) in [6.45, 7) is 0.360. The monoisotopic (exact) mass is 248 g/mol. The van der Waals surface area contributed by atoms with Gasteiger partial charge in [-0.25, -0.2) is 0 Å². The van der Waals surface area contributed by atoms with Crippen molar-refractivity contribution in [2.24, 2.45) is 5.73 Å². The minimum absolute atomic E-state index is 0.279. The Bertz CT molecular complexity index is 237. The molecule has 0 aliphatic rings. The lowest BCUT2D eigenvalue weighted by Gasteiger charge is -2.00. The maximum absolute atomic E-state index is 9.29. The molecule has 0 amide bonds. The summed E-state index contributed by atoms with van der Waals surface area (Å²) < 4.78 is 0.792. The number of halogens is 1. The van der Waals surface area contributed by atoms with Crippen molar-refractivity contribution in [3.8, 4) is 5.75 Å². The number of benzene rings is 1. The lowest BCUT2D eigenvalue weighted by atomic mass is 10.2. The summed E-state index contributed by atoms with van der Waals surface area (Å²) in [6.07, 6.45) is 0. The predicted molar refractivity (Wildman–Crippen MR) is 47.6 cm³/mol. The average molecular weight is 248 g/mol. The fourth-order valence-corrected chi connectivity index (χ4v) is 1.19. The second-order valence-electron chi connectivity index (χ2n) is 1.88. The van der Waals surface area contributed by atoms with Crippen molar-refractivity contribution in [1.29, 1.82) is 0 Å². The van der Waals surface area contributed by atoms with Gasteiger partial charge < -0.3 is 10.8 Å². The predicted octanol–water partition coefficient (Wildman–Crippen LogP) is 1.26. The molecule has 0 saturated carbocycles. The molecule has 2 nitrogen and oxygen atoms in total. The van der Waals surface area contributed by atoms with E-state index in [1.165, 1.54) is 0 Å². The van der Waals surface area contributed by atoms with Gasteiger partial charge in [0, 0.05) is 12.1 Å². The van der Waals surface area contributed by atoms with Crippen molar-refractivity contribution in [3.05, 3.63) is 27.3 Å². The number of hydrogen-bond acceptors (Lipinski definition) is 2. The van der Waals surface area contributed by atoms with Crippen molar-refractivity contribution < 1.29 is 5.11 Å². The summed E-state index contributed by atoms with van der Waals surface area (Å²) in [6, 6.07) is 6.28. The quantitative estimate of drug-likeness (QED) is 0.735. The van der Waals surface area contributed by atoms with Gasteiger partial charge in [0.2, 0.25) is 0 Å². The summed E-state index contributed by atoms with van der Waals surface area (Å²) in [7, 11) is 0. The highest BCUT2D eigenvalue weighted by Gasteiger charge is 2.00. The Balaban J connectivity index is 3.14. The highest BCUT2D eigenvalue weighted by Crippen LogP contribution is 2.22. The largest absolute Gasteiger partial charge is 0.507 e. The number of phenols is 1. The zero-order chi connectivity index (χ0) is 7.56. The zero-order valence-electron chi connectivity index (χ0n) is 5.26. The van der Waals surface area contributed by atoms with Crippen LogP contribution >= 0.6 is 22.6 Å². The molecule has 0 bridgehead atoms. The van der Waals surface area contributed by atoms with Gasteiger partial charge in [-0.1, -0.05) is 0 Å². The van der Waals surface area contributed by atoms with Crippen LogP contribution in [0.4, 0.5) is 0 Å². The lowest BCUT2D eigenvalue weighted by molar-refractivity contribution is 0.464. The van der Waals surface area contributed by atoms with Crippen molar-refractivity contribution in [2.45, 2.75) is 6.54 Å². The second-order valence-corrected chi connectivity index (χ2v) is 3.04. The van der Waals surface area contributed by atoms with E-state index in [0.29, 0.717) is 6.54 Å². The molecule has 0 atom stereocenters. The molecule has 53 valence electrons. The first-order valence-corrected chi connectivity index (χ1v) is 3.91. The Kier molecular flexibility index (Phi) is 2.50. The third-order valence-electron chi connectivity index (χ3n) is 1.22. The highest BCUT2D eigenvalue weighted by atomic mass is 127. The third kappa shape index (κ3) is 1.41. The van der Waals surface area contributed by atoms with E-state index in [0.717, 1.165) is 9.13 Å². The Morgan fingerprint density at radius 2 is 2.30 bits per heavy atom. The van der Waals surface area contributed by atoms with Crippen LogP contribution in [0.25, 0.3) is 0 Å². The van der Waals surface area contributed by atoms with E-state index in [9.17, 15) is 5.11 Å². The normalized spacial score (nSPS) is 9.80. The second kappa shape index (κ2) is 3.21. The SMILES string of the molecule is NCc1c[c]cc(I)c1O. The van der Waals surface area contributed by atoms with Crippen LogP contribution < -0.4 is 5.73 Å². The van der Waals surface area contributed by atoms with Crippen molar-refractivity contribution in [2.75, 3.05) is 0 Å². The highest BCUT2D eigenvalue weighted by molar-refractivity contribution is 14.1. The summed E-state index contributed by atoms with van der Waals surface area (Å²) in [5.41, 5.74) is 6.08. The van der Waals surface area contributed by atoms with Gasteiger partial charge in [-0.3, -0.25) is 0 Å². The number of phenolic OH excluding ortho intramolecular Hbond substituents is 1. The van der Waals surface area contributed by atoms with Crippen LogP contribution in [0.5, 0.6) is 5.75 Å². The molecular weight excluding hydrogens is 241 g/mol. The van der Waals surface area contributed by atoms with E-state index in [1.54, 1.807) is 12.1 Å². The molecule has 3 heteroatoms. The molecule has 0 fully saturated rings. The van der Waals surface area contributed by atoms with Gasteiger partial charge in [-0.15, -0.1) is 0 Å². The fraction of sp³-hybridized carbons (Fsp3) is 0.143. The van der Waals surface area contributed by atoms with Gasteiger partial charge >= 0.3 is 0 Å². The smallest absolute Gasteiger partial charge is 0.133 e. The van der Waals surface area contributed by atoms with Crippen LogP contribution in [0.2, 0.25) is 0 Å². The molecule has 3 N–H and O–H groups in total. The zero-order valence-corrected chi connectivity index (χ0v) is 7.42. The van der Waals surface area contributed by atoms with E-state index in [2.05, 4.69) is 6.07 Å². The van der Waals surface area contributed by atoms with Crippen molar-refractivity contribution >= 4 is 22.6 Å². The first kappa shape index (κ1) is 7.81. The number of hydrogen-bond donors (Lipinski definition) is 2. The molecule has 0 heterocycles. The van der Waals surface area contributed by atoms with Crippen molar-refractivity contribution in [1.82, 2.24) is 0 Å². The van der Waals surface area contributed by atoms with Gasteiger partial charge in [0.1, 0.15) is 5.75 Å². The van der Waals surface area contributed by atoms with Gasteiger partial charge in [0.05, 0.1) is 3.57 Å². The molecule has 0 aliphatic carbocycles. The number of rotatable bonds is 1. The molecular formula is C7H7INO. The Hall–Kier alpha value is -0.290. The topological polar surface area (TPSA) is 46.2 Å². The fourth-order valence-electron chi connectivity index (χ4n) is 0.661. The molecule has 0 saturated heterocycles. The van der Waals surface area contributed by atoms with Crippen LogP contribution in [-0.2, 0) is 6.54 Å². The van der Waals surface area contributed by atoms with Crippen molar-refractivity contribution in [3.63, 3.8) is 0 Å². The summed E-state index contributed by atoms with van der Waals surface area (Å²) in [5, 5.41) is 9.29. The van der Waals surface area contributed by atoms with E-state index >= 15 is 0 Å². The van der Waals surface area contributed by atoms with E-state index in [4.69, 9.17) is 5.73 Å². The minimum atomic E-state index is 0.279. The Labute approximate surface area is 73.2 Å². The first-order valence-electron chi connectivity index (χ1n) is 2.83. The third-order valence-corrected chi connectivity index (χ3v) is 2.04. The molecule has 10 heavy (non-hydrogen) atoms. The maximum Gasteiger partial charge on any atom is 0.133 e. The molecule has 1 rings (SSSR count). The summed E-state index contributed by atoms with van der Waals surface area (Å²) in [4.78, 5) is 0. The van der Waals surface area contributed by atoms with Crippen LogP contribution in [0.1, 0.15) is 5.56 Å². The van der Waals surface area contributed by atoms with E-state index in [1.807, 2.05) is 22.6 Å². The Morgan fingerprint density at radius 1 is 1.60 bits per heavy atom. The van der Waals surface area contributed by atoms with Gasteiger partial charge in [-0.05, 0) is 40.8 Å². The lowest BCUT2D eigenvalue weighted by Crippen LogP contribution is -1.96. The molecule has 1 radical (unpaired) electrons. The molecule has 1 aromatic rings. The minimum Gasteiger partial charge on any atom is -0.507 e. The van der Waals surface area contributed by atoms with Crippen LogP contribution in [0, 0.1) is 9.64 Å². The molecule has 1 aromatic carbocycles. The summed E-state index contributed by atoms with van der Waals surface area (Å²) >= 11 is 2.04. The summed E-state index contributed by atoms with van der Waals surface area (Å²) in [5.74, 6) is 0.279. The molecule has 0 aromatic heterocycles. The van der Waals surface area contributed by atoms with Gasteiger partial charge in [0.15, 0.2) is 0 Å². The van der Waals surface area contributed by atoms with Crippen LogP contribution in [0.3, 0.4) is 0 Å². The Morgan fingerprint density at radius 3 is 2.80 bits per heavy atom. The van der Waals surface area contributed by atoms with Gasteiger partial charge in [0.25, 0.3) is 0 Å². The van der Waals surface area contributed by atoms with E-state index in [-0.39, 0.29) is 5.75 Å².